The van der Waals surface area contributed by atoms with Crippen molar-refractivity contribution < 1.29 is 4.65 Å². The second kappa shape index (κ2) is 7.52. The van der Waals surface area contributed by atoms with Gasteiger partial charge < -0.3 is 9.22 Å². The fourth-order valence-corrected chi connectivity index (χ4v) is 5.37. The van der Waals surface area contributed by atoms with Gasteiger partial charge in [-0.3, -0.25) is 0 Å². The average molecular weight is 457 g/mol. The van der Waals surface area contributed by atoms with Crippen LogP contribution in [0.5, 0.6) is 5.75 Å². The van der Waals surface area contributed by atoms with Crippen molar-refractivity contribution in [1.82, 2.24) is 4.57 Å². The van der Waals surface area contributed by atoms with Gasteiger partial charge in [0.25, 0.3) is 0 Å². The first-order valence-electron chi connectivity index (χ1n) is 12.6. The van der Waals surface area contributed by atoms with Gasteiger partial charge in [0.15, 0.2) is 0 Å². The van der Waals surface area contributed by atoms with Crippen LogP contribution in [0, 0.1) is 0 Å². The first kappa shape index (κ1) is 22.0. The van der Waals surface area contributed by atoms with Crippen LogP contribution in [-0.2, 0) is 10.8 Å². The van der Waals surface area contributed by atoms with Crippen molar-refractivity contribution in [1.29, 1.82) is 0 Å². The van der Waals surface area contributed by atoms with E-state index in [1.807, 2.05) is 30.3 Å². The summed E-state index contributed by atoms with van der Waals surface area (Å²) in [6.45, 7) is 13.6. The van der Waals surface area contributed by atoms with Gasteiger partial charge in [0.05, 0.1) is 16.8 Å². The minimum Gasteiger partial charge on any atom is -0.551 e. The standard InChI is InChI=1S/C32H32BNO/c1-31(2,3)21-16-17-28-24(18-21)25-19-22(32(4,5)6)20-27-30(25)34(28)29-15-11-10-14-26(29)33(27)35-23-12-8-7-9-13-23/h7-20H,1-6H3. The number of rotatable bonds is 2. The highest BCUT2D eigenvalue weighted by Crippen LogP contribution is 2.38. The first-order chi connectivity index (χ1) is 16.6. The lowest BCUT2D eigenvalue weighted by Gasteiger charge is -2.28. The maximum Gasteiger partial charge on any atom is 0.430 e. The van der Waals surface area contributed by atoms with Gasteiger partial charge in [0, 0.05) is 16.5 Å². The van der Waals surface area contributed by atoms with Crippen molar-refractivity contribution in [3.8, 4) is 11.4 Å². The van der Waals surface area contributed by atoms with Gasteiger partial charge in [-0.1, -0.05) is 90.1 Å². The number of nitrogens with zero attached hydrogens (tertiary/aromatic N) is 1. The monoisotopic (exact) mass is 457 g/mol. The summed E-state index contributed by atoms with van der Waals surface area (Å²) in [6, 6.07) is 30.7. The minimum atomic E-state index is -0.169. The molecule has 0 amide bonds. The van der Waals surface area contributed by atoms with Gasteiger partial charge in [0.2, 0.25) is 0 Å². The van der Waals surface area contributed by atoms with Crippen LogP contribution in [0.2, 0.25) is 0 Å². The van der Waals surface area contributed by atoms with E-state index in [-0.39, 0.29) is 17.7 Å². The second-order valence-electron chi connectivity index (χ2n) is 11.9. The van der Waals surface area contributed by atoms with Crippen LogP contribution in [0.3, 0.4) is 0 Å². The molecule has 0 unspecified atom stereocenters. The molecule has 1 aromatic heterocycles. The lowest BCUT2D eigenvalue weighted by Crippen LogP contribution is -2.52. The Morgan fingerprint density at radius 2 is 1.29 bits per heavy atom. The van der Waals surface area contributed by atoms with Crippen LogP contribution in [-0.4, -0.2) is 11.5 Å². The van der Waals surface area contributed by atoms with Crippen molar-refractivity contribution >= 4 is 39.6 Å². The van der Waals surface area contributed by atoms with E-state index in [9.17, 15) is 0 Å². The van der Waals surface area contributed by atoms with Crippen LogP contribution in [0.25, 0.3) is 27.5 Å². The molecule has 0 bridgehead atoms. The molecule has 0 aliphatic carbocycles. The molecule has 0 fully saturated rings. The van der Waals surface area contributed by atoms with Gasteiger partial charge >= 0.3 is 6.92 Å². The molecule has 2 nitrogen and oxygen atoms in total. The maximum absolute atomic E-state index is 6.76. The molecular weight excluding hydrogens is 425 g/mol. The summed E-state index contributed by atoms with van der Waals surface area (Å²) in [5.41, 5.74) is 8.96. The van der Waals surface area contributed by atoms with Crippen molar-refractivity contribution in [3.63, 3.8) is 0 Å². The van der Waals surface area contributed by atoms with Crippen LogP contribution < -0.4 is 15.6 Å². The highest BCUT2D eigenvalue weighted by Gasteiger charge is 2.37. The molecule has 5 aromatic rings. The summed E-state index contributed by atoms with van der Waals surface area (Å²) in [5, 5.41) is 2.62. The zero-order valence-electron chi connectivity index (χ0n) is 21.5. The molecule has 0 atom stereocenters. The van der Waals surface area contributed by atoms with Crippen molar-refractivity contribution in [2.45, 2.75) is 52.4 Å². The highest BCUT2D eigenvalue weighted by atomic mass is 16.4. The maximum atomic E-state index is 6.76. The zero-order valence-corrected chi connectivity index (χ0v) is 21.5. The summed E-state index contributed by atoms with van der Waals surface area (Å²) < 4.78 is 9.21. The number of hydrogen-bond donors (Lipinski definition) is 0. The normalized spacial score (nSPS) is 13.4. The summed E-state index contributed by atoms with van der Waals surface area (Å²) in [7, 11) is 0. The van der Waals surface area contributed by atoms with E-state index in [0.29, 0.717) is 0 Å². The fourth-order valence-electron chi connectivity index (χ4n) is 5.37. The molecule has 0 saturated heterocycles. The fraction of sp³-hybridized carbons (Fsp3) is 0.250. The quantitative estimate of drug-likeness (QED) is 0.264. The predicted molar refractivity (Wildman–Crippen MR) is 150 cm³/mol. The molecular formula is C32H32BNO. The Morgan fingerprint density at radius 1 is 0.629 bits per heavy atom. The van der Waals surface area contributed by atoms with E-state index < -0.39 is 0 Å². The molecule has 35 heavy (non-hydrogen) atoms. The molecule has 0 saturated carbocycles. The summed E-state index contributed by atoms with van der Waals surface area (Å²) in [6.07, 6.45) is 0. The topological polar surface area (TPSA) is 14.2 Å². The Morgan fingerprint density at radius 3 is 2.00 bits per heavy atom. The lowest BCUT2D eigenvalue weighted by molar-refractivity contribution is 0.586. The van der Waals surface area contributed by atoms with Crippen LogP contribution in [0.1, 0.15) is 52.7 Å². The third-order valence-electron chi connectivity index (χ3n) is 7.36. The molecule has 4 aromatic carbocycles. The van der Waals surface area contributed by atoms with Crippen LogP contribution >= 0.6 is 0 Å². The van der Waals surface area contributed by atoms with E-state index in [0.717, 1.165) is 5.75 Å². The van der Waals surface area contributed by atoms with Gasteiger partial charge in [-0.05, 0) is 69.3 Å². The zero-order chi connectivity index (χ0) is 24.5. The Labute approximate surface area is 208 Å². The molecule has 3 heteroatoms. The number of hydrogen-bond acceptors (Lipinski definition) is 1. The van der Waals surface area contributed by atoms with Crippen molar-refractivity contribution in [2.75, 3.05) is 0 Å². The Bertz CT molecular complexity index is 1580. The highest BCUT2D eigenvalue weighted by molar-refractivity contribution is 6.84. The Kier molecular flexibility index (Phi) is 4.73. The molecule has 1 aliphatic heterocycles. The van der Waals surface area contributed by atoms with E-state index >= 15 is 0 Å². The summed E-state index contributed by atoms with van der Waals surface area (Å²) >= 11 is 0. The summed E-state index contributed by atoms with van der Waals surface area (Å²) in [4.78, 5) is 0. The van der Waals surface area contributed by atoms with Crippen molar-refractivity contribution in [3.05, 3.63) is 96.1 Å². The number of aromatic nitrogens is 1. The average Bonchev–Trinajstić information content (AvgIpc) is 3.15. The molecule has 174 valence electrons. The second-order valence-corrected chi connectivity index (χ2v) is 11.9. The molecule has 0 spiro atoms. The molecule has 1 aliphatic rings. The molecule has 0 radical (unpaired) electrons. The van der Waals surface area contributed by atoms with Gasteiger partial charge in [-0.2, -0.15) is 0 Å². The van der Waals surface area contributed by atoms with Crippen LogP contribution in [0.4, 0.5) is 0 Å². The Balaban J connectivity index is 1.74. The summed E-state index contributed by atoms with van der Waals surface area (Å²) in [5.74, 6) is 0.890. The smallest absolute Gasteiger partial charge is 0.430 e. The van der Waals surface area contributed by atoms with E-state index in [1.54, 1.807) is 0 Å². The number of para-hydroxylation sites is 2. The largest absolute Gasteiger partial charge is 0.551 e. The minimum absolute atomic E-state index is 0.0228. The predicted octanol–water partition coefficient (Wildman–Crippen LogP) is 6.88. The Hall–Kier alpha value is -3.46. The van der Waals surface area contributed by atoms with Crippen LogP contribution in [0.15, 0.2) is 84.9 Å². The first-order valence-corrected chi connectivity index (χ1v) is 12.6. The third-order valence-corrected chi connectivity index (χ3v) is 7.36. The van der Waals surface area contributed by atoms with Gasteiger partial charge in [-0.25, -0.2) is 0 Å². The number of benzene rings is 4. The van der Waals surface area contributed by atoms with Gasteiger partial charge in [-0.15, -0.1) is 0 Å². The van der Waals surface area contributed by atoms with E-state index in [1.165, 1.54) is 49.5 Å². The van der Waals surface area contributed by atoms with E-state index in [4.69, 9.17) is 4.65 Å². The SMILES string of the molecule is CC(C)(C)c1ccc2c(c1)c1cc(C(C)(C)C)cc3c1n2-c1ccccc1B3Oc1ccccc1. The number of fused-ring (bicyclic) bond motifs is 5. The van der Waals surface area contributed by atoms with Gasteiger partial charge in [0.1, 0.15) is 0 Å². The van der Waals surface area contributed by atoms with E-state index in [2.05, 4.69) is 101 Å². The molecule has 0 N–H and O–H groups in total. The molecule has 6 rings (SSSR count). The lowest BCUT2D eigenvalue weighted by atomic mass is 9.52. The molecule has 2 heterocycles. The third kappa shape index (κ3) is 3.48. The van der Waals surface area contributed by atoms with Crippen molar-refractivity contribution in [2.24, 2.45) is 0 Å².